The number of anilines is 2. The molecule has 1 amide bonds. The Morgan fingerprint density at radius 2 is 1.41 bits per heavy atom. The van der Waals surface area contributed by atoms with Gasteiger partial charge < -0.3 is 9.64 Å². The van der Waals surface area contributed by atoms with Crippen LogP contribution >= 0.6 is 0 Å². The number of carbonyl (C=O) groups is 1. The summed E-state index contributed by atoms with van der Waals surface area (Å²) in [5.74, 6) is -0.989. The second-order valence-electron chi connectivity index (χ2n) is 8.67. The maximum absolute atomic E-state index is 14.8. The van der Waals surface area contributed by atoms with Crippen LogP contribution in [0.5, 0.6) is 0 Å². The number of nitrogens with zero attached hydrogens (tertiary/aromatic N) is 1. The number of halogens is 3. The Kier molecular flexibility index (Phi) is 6.18. The van der Waals surface area contributed by atoms with Crippen LogP contribution in [0.2, 0.25) is 0 Å². The summed E-state index contributed by atoms with van der Waals surface area (Å²) in [5.41, 5.74) is 4.39. The van der Waals surface area contributed by atoms with Gasteiger partial charge in [0.1, 0.15) is 24.9 Å². The van der Waals surface area contributed by atoms with Crippen LogP contribution in [0, 0.1) is 11.6 Å². The molecule has 3 aromatic rings. The van der Waals surface area contributed by atoms with Crippen molar-refractivity contribution in [2.45, 2.75) is 24.7 Å². The van der Waals surface area contributed by atoms with Crippen molar-refractivity contribution in [2.24, 2.45) is 0 Å². The van der Waals surface area contributed by atoms with Gasteiger partial charge in [-0.05, 0) is 59.4 Å². The van der Waals surface area contributed by atoms with E-state index >= 15 is 0 Å². The molecule has 5 rings (SSSR count). The molecule has 2 atom stereocenters. The predicted octanol–water partition coefficient (Wildman–Crippen LogP) is 6.36. The highest BCUT2D eigenvalue weighted by molar-refractivity contribution is 5.86. The zero-order valence-electron chi connectivity index (χ0n) is 18.6. The number of ether oxygens (including phenoxy) is 1. The number of rotatable bonds is 5. The number of amides is 1. The van der Waals surface area contributed by atoms with E-state index in [-0.39, 0.29) is 30.1 Å². The highest BCUT2D eigenvalue weighted by Gasteiger charge is 2.36. The van der Waals surface area contributed by atoms with Gasteiger partial charge in [0.15, 0.2) is 0 Å². The van der Waals surface area contributed by atoms with Crippen molar-refractivity contribution in [2.75, 3.05) is 36.6 Å². The fraction of sp³-hybridized carbons (Fsp3) is 0.296. The summed E-state index contributed by atoms with van der Waals surface area (Å²) in [6, 6.07) is 17.1. The van der Waals surface area contributed by atoms with E-state index in [1.165, 1.54) is 12.1 Å². The number of nitrogens with one attached hydrogen (secondary N) is 1. The summed E-state index contributed by atoms with van der Waals surface area (Å²) >= 11 is 0. The van der Waals surface area contributed by atoms with Crippen LogP contribution in [0.3, 0.4) is 0 Å². The highest BCUT2D eigenvalue weighted by Crippen LogP contribution is 2.50. The second-order valence-corrected chi connectivity index (χ2v) is 8.67. The van der Waals surface area contributed by atoms with Gasteiger partial charge in [-0.25, -0.2) is 18.0 Å². The molecule has 34 heavy (non-hydrogen) atoms. The minimum absolute atomic E-state index is 0.214. The van der Waals surface area contributed by atoms with Gasteiger partial charge in [-0.3, -0.25) is 5.32 Å². The third-order valence-electron chi connectivity index (χ3n) is 6.73. The first-order chi connectivity index (χ1) is 16.6. The number of hydrogen-bond donors (Lipinski definition) is 1. The molecule has 2 unspecified atom stereocenters. The molecule has 0 spiro atoms. The summed E-state index contributed by atoms with van der Waals surface area (Å²) < 4.78 is 46.9. The van der Waals surface area contributed by atoms with Gasteiger partial charge in [-0.1, -0.05) is 36.4 Å². The third kappa shape index (κ3) is 4.11. The van der Waals surface area contributed by atoms with Gasteiger partial charge in [-0.2, -0.15) is 0 Å². The SMILES string of the molecule is O=C(Nc1cc2c3c(c1)C(c1ccccc1F)CCN3CCC2c1ccccc1F)OCCF. The highest BCUT2D eigenvalue weighted by atomic mass is 19.1. The summed E-state index contributed by atoms with van der Waals surface area (Å²) in [6.07, 6.45) is 0.666. The van der Waals surface area contributed by atoms with Crippen molar-refractivity contribution in [1.29, 1.82) is 0 Å². The number of benzene rings is 3. The molecule has 0 aliphatic carbocycles. The first kappa shape index (κ1) is 22.3. The maximum atomic E-state index is 14.8. The lowest BCUT2D eigenvalue weighted by atomic mass is 9.76. The van der Waals surface area contributed by atoms with E-state index in [4.69, 9.17) is 4.74 Å². The Bertz CT molecular complexity index is 1140. The number of carbonyl (C=O) groups excluding carboxylic acids is 1. The largest absolute Gasteiger partial charge is 0.447 e. The van der Waals surface area contributed by atoms with Crippen LogP contribution in [0.4, 0.5) is 29.3 Å². The van der Waals surface area contributed by atoms with Gasteiger partial charge in [0.05, 0.1) is 0 Å². The smallest absolute Gasteiger partial charge is 0.411 e. The quantitative estimate of drug-likeness (QED) is 0.476. The van der Waals surface area contributed by atoms with Crippen molar-refractivity contribution in [3.05, 3.63) is 94.6 Å². The molecule has 4 nitrogen and oxygen atoms in total. The van der Waals surface area contributed by atoms with Crippen LogP contribution in [0.1, 0.15) is 46.9 Å². The standard InChI is InChI=1S/C27H25F3N2O2/c28-11-14-34-27(33)31-17-15-22-18(20-5-1-3-7-24(20)29)9-12-32-13-10-19(23(16-17)26(22)32)21-6-2-4-8-25(21)30/h1-8,15-16,18-19H,9-14H2,(H,31,33). The molecule has 0 aromatic heterocycles. The fourth-order valence-corrected chi connectivity index (χ4v) is 5.31. The van der Waals surface area contributed by atoms with Gasteiger partial charge >= 0.3 is 6.09 Å². The Balaban J connectivity index is 1.65. The topological polar surface area (TPSA) is 41.6 Å². The summed E-state index contributed by atoms with van der Waals surface area (Å²) in [4.78, 5) is 14.5. The Morgan fingerprint density at radius 3 is 1.91 bits per heavy atom. The molecule has 0 fully saturated rings. The van der Waals surface area contributed by atoms with Crippen molar-refractivity contribution in [3.8, 4) is 0 Å². The Labute approximate surface area is 196 Å². The molecule has 176 valence electrons. The molecule has 0 bridgehead atoms. The van der Waals surface area contributed by atoms with E-state index in [0.717, 1.165) is 29.9 Å². The average molecular weight is 467 g/mol. The molecular formula is C27H25F3N2O2. The number of hydrogen-bond acceptors (Lipinski definition) is 3. The van der Waals surface area contributed by atoms with Crippen molar-refractivity contribution < 1.29 is 22.7 Å². The van der Waals surface area contributed by atoms with E-state index in [0.29, 0.717) is 29.7 Å². The first-order valence-corrected chi connectivity index (χ1v) is 11.5. The van der Waals surface area contributed by atoms with E-state index < -0.39 is 12.8 Å². The monoisotopic (exact) mass is 466 g/mol. The average Bonchev–Trinajstić information content (AvgIpc) is 2.84. The fourth-order valence-electron chi connectivity index (χ4n) is 5.31. The van der Waals surface area contributed by atoms with Crippen molar-refractivity contribution in [1.82, 2.24) is 0 Å². The van der Waals surface area contributed by atoms with E-state index in [9.17, 15) is 18.0 Å². The van der Waals surface area contributed by atoms with Gasteiger partial charge in [0.25, 0.3) is 0 Å². The Morgan fingerprint density at radius 1 is 0.882 bits per heavy atom. The summed E-state index contributed by atoms with van der Waals surface area (Å²) in [5, 5.41) is 2.68. The van der Waals surface area contributed by atoms with Gasteiger partial charge in [0, 0.05) is 36.3 Å². The zero-order valence-corrected chi connectivity index (χ0v) is 18.6. The lowest BCUT2D eigenvalue weighted by Crippen LogP contribution is -2.38. The number of alkyl halides is 1. The van der Waals surface area contributed by atoms with Crippen LogP contribution in [-0.4, -0.2) is 32.5 Å². The maximum Gasteiger partial charge on any atom is 0.411 e. The molecule has 1 N–H and O–H groups in total. The minimum atomic E-state index is -0.775. The van der Waals surface area contributed by atoms with E-state index in [1.807, 2.05) is 24.3 Å². The van der Waals surface area contributed by atoms with Crippen LogP contribution in [0.15, 0.2) is 60.7 Å². The van der Waals surface area contributed by atoms with Gasteiger partial charge in [-0.15, -0.1) is 0 Å². The lowest BCUT2D eigenvalue weighted by molar-refractivity contribution is 0.152. The summed E-state index contributed by atoms with van der Waals surface area (Å²) in [7, 11) is 0. The van der Waals surface area contributed by atoms with Crippen LogP contribution in [0.25, 0.3) is 0 Å². The molecule has 0 saturated heterocycles. The molecular weight excluding hydrogens is 441 g/mol. The molecule has 2 aliphatic rings. The normalized spacial score (nSPS) is 18.9. The molecule has 0 radical (unpaired) electrons. The third-order valence-corrected chi connectivity index (χ3v) is 6.73. The van der Waals surface area contributed by atoms with Gasteiger partial charge in [0.2, 0.25) is 0 Å². The molecule has 0 saturated carbocycles. The molecule has 3 aromatic carbocycles. The second kappa shape index (κ2) is 9.41. The zero-order chi connectivity index (χ0) is 23.7. The van der Waals surface area contributed by atoms with E-state index in [2.05, 4.69) is 10.2 Å². The first-order valence-electron chi connectivity index (χ1n) is 11.5. The lowest BCUT2D eigenvalue weighted by Gasteiger charge is -2.43. The predicted molar refractivity (Wildman–Crippen MR) is 125 cm³/mol. The van der Waals surface area contributed by atoms with Crippen LogP contribution < -0.4 is 10.2 Å². The van der Waals surface area contributed by atoms with E-state index in [1.54, 1.807) is 24.3 Å². The van der Waals surface area contributed by atoms with Crippen molar-refractivity contribution >= 4 is 17.5 Å². The molecule has 2 heterocycles. The minimum Gasteiger partial charge on any atom is -0.447 e. The van der Waals surface area contributed by atoms with Crippen molar-refractivity contribution in [3.63, 3.8) is 0 Å². The van der Waals surface area contributed by atoms with Crippen LogP contribution in [-0.2, 0) is 4.74 Å². The molecule has 7 heteroatoms. The molecule has 2 aliphatic heterocycles. The Hall–Kier alpha value is -3.48. The summed E-state index contributed by atoms with van der Waals surface area (Å²) in [6.45, 7) is 0.401.